The minimum Gasteiger partial charge on any atom is -0.0622 e. The first-order valence-electron chi connectivity index (χ1n) is 7.89. The van der Waals surface area contributed by atoms with E-state index in [0.29, 0.717) is 0 Å². The van der Waals surface area contributed by atoms with Gasteiger partial charge >= 0.3 is 0 Å². The van der Waals surface area contributed by atoms with Crippen LogP contribution in [0.1, 0.15) is 30.5 Å². The van der Waals surface area contributed by atoms with Gasteiger partial charge in [0, 0.05) is 5.41 Å². The molecule has 0 spiro atoms. The Hall–Kier alpha value is -2.34. The first-order chi connectivity index (χ1) is 10.6. The van der Waals surface area contributed by atoms with E-state index in [-0.39, 0.29) is 5.41 Å². The zero-order valence-electron chi connectivity index (χ0n) is 13.4. The van der Waals surface area contributed by atoms with Gasteiger partial charge in [-0.25, -0.2) is 0 Å². The van der Waals surface area contributed by atoms with Gasteiger partial charge in [-0.3, -0.25) is 0 Å². The highest BCUT2D eigenvalue weighted by molar-refractivity contribution is 5.84. The Morgan fingerprint density at radius 2 is 1.27 bits per heavy atom. The standard InChI is InChI=1S/C22H20/c1-15-9-11-20-18(13-15)19-14-17(16-7-5-4-6-8-16)10-12-21(19)22(20,2)3/h4-14H,1-3H3. The van der Waals surface area contributed by atoms with Gasteiger partial charge in [0.1, 0.15) is 0 Å². The molecule has 0 nitrogen and oxygen atoms in total. The van der Waals surface area contributed by atoms with Gasteiger partial charge in [-0.15, -0.1) is 0 Å². The van der Waals surface area contributed by atoms with E-state index in [1.54, 1.807) is 0 Å². The molecule has 22 heavy (non-hydrogen) atoms. The third-order valence-corrected chi connectivity index (χ3v) is 4.94. The van der Waals surface area contributed by atoms with E-state index in [0.717, 1.165) is 0 Å². The Bertz CT molecular complexity index is 854. The lowest BCUT2D eigenvalue weighted by Crippen LogP contribution is -2.14. The fourth-order valence-corrected chi connectivity index (χ4v) is 3.69. The van der Waals surface area contributed by atoms with Gasteiger partial charge in [-0.1, -0.05) is 80.1 Å². The zero-order chi connectivity index (χ0) is 15.3. The minimum atomic E-state index is 0.0909. The molecule has 0 N–H and O–H groups in total. The van der Waals surface area contributed by atoms with Crippen LogP contribution in [0.3, 0.4) is 0 Å². The molecule has 1 aliphatic carbocycles. The Morgan fingerprint density at radius 3 is 2.00 bits per heavy atom. The van der Waals surface area contributed by atoms with E-state index in [1.165, 1.54) is 38.9 Å². The van der Waals surface area contributed by atoms with Crippen LogP contribution in [0, 0.1) is 6.92 Å². The highest BCUT2D eigenvalue weighted by atomic mass is 14.4. The van der Waals surface area contributed by atoms with Gasteiger partial charge in [-0.2, -0.15) is 0 Å². The van der Waals surface area contributed by atoms with Crippen LogP contribution in [0.15, 0.2) is 66.7 Å². The molecule has 0 radical (unpaired) electrons. The molecule has 3 aromatic rings. The van der Waals surface area contributed by atoms with E-state index >= 15 is 0 Å². The largest absolute Gasteiger partial charge is 0.0622 e. The van der Waals surface area contributed by atoms with Crippen molar-refractivity contribution in [1.82, 2.24) is 0 Å². The molecular formula is C22H20. The molecule has 0 heterocycles. The third kappa shape index (κ3) is 1.84. The van der Waals surface area contributed by atoms with Crippen molar-refractivity contribution in [3.05, 3.63) is 83.4 Å². The van der Waals surface area contributed by atoms with E-state index in [9.17, 15) is 0 Å². The molecule has 0 heteroatoms. The Balaban J connectivity index is 1.97. The van der Waals surface area contributed by atoms with Crippen molar-refractivity contribution in [2.24, 2.45) is 0 Å². The summed E-state index contributed by atoms with van der Waals surface area (Å²) >= 11 is 0. The maximum Gasteiger partial charge on any atom is 0.0158 e. The van der Waals surface area contributed by atoms with Crippen LogP contribution >= 0.6 is 0 Å². The van der Waals surface area contributed by atoms with Crippen molar-refractivity contribution >= 4 is 0 Å². The fraction of sp³-hybridized carbons (Fsp3) is 0.182. The molecule has 0 bridgehead atoms. The number of aryl methyl sites for hydroxylation is 1. The predicted molar refractivity (Wildman–Crippen MR) is 94.2 cm³/mol. The van der Waals surface area contributed by atoms with Gasteiger partial charge in [-0.05, 0) is 46.4 Å². The Labute approximate surface area is 132 Å². The normalized spacial score (nSPS) is 14.5. The number of fused-ring (bicyclic) bond motifs is 3. The smallest absolute Gasteiger partial charge is 0.0158 e. The molecule has 0 aliphatic heterocycles. The van der Waals surface area contributed by atoms with Gasteiger partial charge < -0.3 is 0 Å². The molecule has 0 aromatic heterocycles. The molecule has 0 unspecified atom stereocenters. The summed E-state index contributed by atoms with van der Waals surface area (Å²) in [4.78, 5) is 0. The molecule has 0 atom stereocenters. The lowest BCUT2D eigenvalue weighted by molar-refractivity contribution is 0.660. The molecule has 4 rings (SSSR count). The number of rotatable bonds is 1. The van der Waals surface area contributed by atoms with E-state index in [2.05, 4.69) is 87.5 Å². The third-order valence-electron chi connectivity index (χ3n) is 4.94. The zero-order valence-corrected chi connectivity index (χ0v) is 13.4. The van der Waals surface area contributed by atoms with Gasteiger partial charge in [0.25, 0.3) is 0 Å². The van der Waals surface area contributed by atoms with Crippen molar-refractivity contribution in [3.8, 4) is 22.3 Å². The highest BCUT2D eigenvalue weighted by Gasteiger charge is 2.35. The molecule has 108 valence electrons. The van der Waals surface area contributed by atoms with Crippen LogP contribution in [0.4, 0.5) is 0 Å². The Kier molecular flexibility index (Phi) is 2.77. The van der Waals surface area contributed by atoms with Crippen LogP contribution in [-0.2, 0) is 5.41 Å². The number of hydrogen-bond acceptors (Lipinski definition) is 0. The second-order valence-corrected chi connectivity index (χ2v) is 6.80. The van der Waals surface area contributed by atoms with Gasteiger partial charge in [0.15, 0.2) is 0 Å². The topological polar surface area (TPSA) is 0 Å². The SMILES string of the molecule is Cc1ccc2c(c1)-c1cc(-c3ccccc3)ccc1C2(C)C. The molecule has 3 aromatic carbocycles. The van der Waals surface area contributed by atoms with E-state index in [1.807, 2.05) is 0 Å². The second kappa shape index (κ2) is 4.58. The van der Waals surface area contributed by atoms with Gasteiger partial charge in [0.05, 0.1) is 0 Å². The van der Waals surface area contributed by atoms with E-state index in [4.69, 9.17) is 0 Å². The number of benzene rings is 3. The first-order valence-corrected chi connectivity index (χ1v) is 7.89. The minimum absolute atomic E-state index is 0.0909. The summed E-state index contributed by atoms with van der Waals surface area (Å²) in [5.74, 6) is 0. The Morgan fingerprint density at radius 1 is 0.636 bits per heavy atom. The van der Waals surface area contributed by atoms with Crippen molar-refractivity contribution in [2.75, 3.05) is 0 Å². The maximum absolute atomic E-state index is 2.36. The summed E-state index contributed by atoms with van der Waals surface area (Å²) in [7, 11) is 0. The average molecular weight is 284 g/mol. The molecule has 0 saturated heterocycles. The first kappa shape index (κ1) is 13.3. The van der Waals surface area contributed by atoms with Crippen molar-refractivity contribution in [2.45, 2.75) is 26.2 Å². The predicted octanol–water partition coefficient (Wildman–Crippen LogP) is 5.97. The quantitative estimate of drug-likeness (QED) is 0.516. The van der Waals surface area contributed by atoms with Crippen LogP contribution in [-0.4, -0.2) is 0 Å². The molecule has 0 amide bonds. The van der Waals surface area contributed by atoms with Crippen LogP contribution in [0.5, 0.6) is 0 Å². The highest BCUT2D eigenvalue weighted by Crippen LogP contribution is 2.49. The lowest BCUT2D eigenvalue weighted by atomic mass is 9.82. The second-order valence-electron chi connectivity index (χ2n) is 6.80. The van der Waals surface area contributed by atoms with Crippen molar-refractivity contribution < 1.29 is 0 Å². The molecular weight excluding hydrogens is 264 g/mol. The lowest BCUT2D eigenvalue weighted by Gasteiger charge is -2.21. The van der Waals surface area contributed by atoms with Crippen LogP contribution in [0.25, 0.3) is 22.3 Å². The molecule has 0 fully saturated rings. The molecule has 0 saturated carbocycles. The summed E-state index contributed by atoms with van der Waals surface area (Å²) in [5.41, 5.74) is 9.67. The molecule has 1 aliphatic rings. The van der Waals surface area contributed by atoms with Crippen molar-refractivity contribution in [1.29, 1.82) is 0 Å². The van der Waals surface area contributed by atoms with Crippen LogP contribution < -0.4 is 0 Å². The van der Waals surface area contributed by atoms with Crippen molar-refractivity contribution in [3.63, 3.8) is 0 Å². The van der Waals surface area contributed by atoms with Gasteiger partial charge in [0.2, 0.25) is 0 Å². The number of hydrogen-bond donors (Lipinski definition) is 0. The van der Waals surface area contributed by atoms with E-state index < -0.39 is 0 Å². The average Bonchev–Trinajstić information content (AvgIpc) is 2.75. The summed E-state index contributed by atoms with van der Waals surface area (Å²) < 4.78 is 0. The summed E-state index contributed by atoms with van der Waals surface area (Å²) in [6, 6.07) is 24.4. The summed E-state index contributed by atoms with van der Waals surface area (Å²) in [6.45, 7) is 6.83. The summed E-state index contributed by atoms with van der Waals surface area (Å²) in [5, 5.41) is 0. The summed E-state index contributed by atoms with van der Waals surface area (Å²) in [6.07, 6.45) is 0. The fourth-order valence-electron chi connectivity index (χ4n) is 3.69. The maximum atomic E-state index is 2.36. The van der Waals surface area contributed by atoms with Crippen LogP contribution in [0.2, 0.25) is 0 Å². The monoisotopic (exact) mass is 284 g/mol.